The molecule has 2 unspecified atom stereocenters. The van der Waals surface area contributed by atoms with Crippen molar-refractivity contribution in [1.82, 2.24) is 10.2 Å². The van der Waals surface area contributed by atoms with E-state index in [2.05, 4.69) is 35.6 Å². The molecule has 5 rings (SSSR count). The monoisotopic (exact) mass is 410 g/mol. The quantitative estimate of drug-likeness (QED) is 0.810. The van der Waals surface area contributed by atoms with Crippen LogP contribution in [0.15, 0.2) is 30.3 Å². The normalized spacial score (nSPS) is 29.1. The molecule has 2 amide bonds. The molecule has 5 heteroatoms. The molecule has 5 nitrogen and oxygen atoms in total. The summed E-state index contributed by atoms with van der Waals surface area (Å²) in [5, 5.41) is 3.34. The van der Waals surface area contributed by atoms with Crippen molar-refractivity contribution in [3.05, 3.63) is 35.9 Å². The highest BCUT2D eigenvalue weighted by Gasteiger charge is 2.59. The van der Waals surface area contributed by atoms with E-state index < -0.39 is 0 Å². The minimum absolute atomic E-state index is 0.0536. The Hall–Kier alpha value is -1.88. The zero-order chi connectivity index (χ0) is 20.6. The lowest BCUT2D eigenvalue weighted by atomic mass is 9.78. The lowest BCUT2D eigenvalue weighted by Gasteiger charge is -2.34. The predicted octanol–water partition coefficient (Wildman–Crippen LogP) is 3.28. The molecule has 162 valence electrons. The largest absolute Gasteiger partial charge is 0.381 e. The van der Waals surface area contributed by atoms with Crippen molar-refractivity contribution >= 4 is 11.8 Å². The van der Waals surface area contributed by atoms with Gasteiger partial charge in [-0.1, -0.05) is 43.2 Å². The third-order valence-corrected chi connectivity index (χ3v) is 8.40. The number of ether oxygens (including phenoxy) is 1. The van der Waals surface area contributed by atoms with Gasteiger partial charge in [-0.2, -0.15) is 0 Å². The third kappa shape index (κ3) is 3.66. The Bertz CT molecular complexity index is 773. The van der Waals surface area contributed by atoms with Crippen molar-refractivity contribution in [3.63, 3.8) is 0 Å². The van der Waals surface area contributed by atoms with Crippen LogP contribution in [-0.2, 0) is 19.7 Å². The lowest BCUT2D eigenvalue weighted by molar-refractivity contribution is -0.137. The first kappa shape index (κ1) is 20.0. The number of amides is 2. The highest BCUT2D eigenvalue weighted by molar-refractivity contribution is 5.83. The van der Waals surface area contributed by atoms with Crippen LogP contribution >= 0.6 is 0 Å². The van der Waals surface area contributed by atoms with Gasteiger partial charge >= 0.3 is 0 Å². The number of hydrogen-bond acceptors (Lipinski definition) is 3. The van der Waals surface area contributed by atoms with Gasteiger partial charge in [0.2, 0.25) is 11.8 Å². The number of likely N-dealkylation sites (tertiary alicyclic amines) is 1. The summed E-state index contributed by atoms with van der Waals surface area (Å²) in [5.74, 6) is 0.688. The molecule has 2 saturated carbocycles. The van der Waals surface area contributed by atoms with Crippen molar-refractivity contribution in [1.29, 1.82) is 0 Å². The number of nitrogens with one attached hydrogen (secondary N) is 1. The van der Waals surface area contributed by atoms with E-state index in [1.165, 1.54) is 18.4 Å². The topological polar surface area (TPSA) is 58.6 Å². The van der Waals surface area contributed by atoms with Gasteiger partial charge in [0.05, 0.1) is 12.5 Å². The second-order valence-corrected chi connectivity index (χ2v) is 10.1. The van der Waals surface area contributed by atoms with E-state index in [-0.39, 0.29) is 34.5 Å². The zero-order valence-electron chi connectivity index (χ0n) is 17.9. The molecule has 4 fully saturated rings. The summed E-state index contributed by atoms with van der Waals surface area (Å²) in [4.78, 5) is 27.7. The van der Waals surface area contributed by atoms with Crippen molar-refractivity contribution in [2.24, 2.45) is 17.3 Å². The fourth-order valence-electron chi connectivity index (χ4n) is 6.22. The van der Waals surface area contributed by atoms with Gasteiger partial charge in [-0.15, -0.1) is 0 Å². The lowest BCUT2D eigenvalue weighted by Crippen LogP contribution is -2.44. The molecule has 30 heavy (non-hydrogen) atoms. The maximum absolute atomic E-state index is 13.0. The van der Waals surface area contributed by atoms with E-state index in [1.807, 2.05) is 4.90 Å². The second-order valence-electron chi connectivity index (χ2n) is 10.1. The minimum atomic E-state index is 0.0536. The van der Waals surface area contributed by atoms with E-state index >= 15 is 0 Å². The van der Waals surface area contributed by atoms with Gasteiger partial charge in [0.15, 0.2) is 0 Å². The Morgan fingerprint density at radius 2 is 1.80 bits per heavy atom. The Kier molecular flexibility index (Phi) is 5.34. The van der Waals surface area contributed by atoms with E-state index in [1.54, 1.807) is 0 Å². The number of rotatable bonds is 5. The molecule has 0 radical (unpaired) electrons. The molecule has 1 N–H and O–H groups in total. The molecular formula is C25H34N2O3. The van der Waals surface area contributed by atoms with Crippen molar-refractivity contribution < 1.29 is 14.3 Å². The van der Waals surface area contributed by atoms with Gasteiger partial charge in [-0.05, 0) is 49.5 Å². The summed E-state index contributed by atoms with van der Waals surface area (Å²) in [7, 11) is 0. The first-order chi connectivity index (χ1) is 14.6. The Morgan fingerprint density at radius 3 is 2.47 bits per heavy atom. The van der Waals surface area contributed by atoms with E-state index in [4.69, 9.17) is 4.74 Å². The van der Waals surface area contributed by atoms with E-state index in [0.29, 0.717) is 13.2 Å². The van der Waals surface area contributed by atoms with E-state index in [9.17, 15) is 9.59 Å². The smallest absolute Gasteiger partial charge is 0.228 e. The van der Waals surface area contributed by atoms with Gasteiger partial charge in [-0.3, -0.25) is 9.59 Å². The minimum Gasteiger partial charge on any atom is -0.381 e. The van der Waals surface area contributed by atoms with Crippen LogP contribution in [0, 0.1) is 17.3 Å². The molecule has 1 spiro atoms. The average Bonchev–Trinajstić information content (AvgIpc) is 3.19. The molecule has 1 aromatic carbocycles. The second kappa shape index (κ2) is 7.99. The number of hydrogen-bond donors (Lipinski definition) is 1. The van der Waals surface area contributed by atoms with Crippen molar-refractivity contribution in [3.8, 4) is 0 Å². The summed E-state index contributed by atoms with van der Waals surface area (Å²) in [6.07, 6.45) is 8.59. The standard InChI is InChI=1S/C25H34N2O3/c28-22(26-18-25(9-4-5-10-25)20-6-2-1-3-7-20)21-16-24(21)11-13-27(14-12-24)23(29)19-8-15-30-17-19/h1-3,6-7,19,21H,4-5,8-18H2,(H,26,28). The van der Waals surface area contributed by atoms with Crippen molar-refractivity contribution in [2.45, 2.75) is 56.8 Å². The summed E-state index contributed by atoms with van der Waals surface area (Å²) >= 11 is 0. The molecule has 2 heterocycles. The summed E-state index contributed by atoms with van der Waals surface area (Å²) in [6, 6.07) is 10.7. The number of carbonyl (C=O) groups is 2. The van der Waals surface area contributed by atoms with Crippen LogP contribution in [-0.4, -0.2) is 49.6 Å². The van der Waals surface area contributed by atoms with Crippen LogP contribution in [0.4, 0.5) is 0 Å². The molecule has 0 aromatic heterocycles. The average molecular weight is 411 g/mol. The first-order valence-electron chi connectivity index (χ1n) is 11.8. The maximum atomic E-state index is 13.0. The summed E-state index contributed by atoms with van der Waals surface area (Å²) in [5.41, 5.74) is 1.62. The highest BCUT2D eigenvalue weighted by atomic mass is 16.5. The molecule has 2 aliphatic carbocycles. The summed E-state index contributed by atoms with van der Waals surface area (Å²) < 4.78 is 5.38. The molecule has 2 saturated heterocycles. The Balaban J connectivity index is 1.15. The van der Waals surface area contributed by atoms with Gasteiger partial charge < -0.3 is 15.0 Å². The number of carbonyl (C=O) groups excluding carboxylic acids is 2. The van der Waals surface area contributed by atoms with Crippen LogP contribution in [0.5, 0.6) is 0 Å². The van der Waals surface area contributed by atoms with Gasteiger partial charge in [0.1, 0.15) is 0 Å². The molecule has 0 bridgehead atoms. The van der Waals surface area contributed by atoms with Crippen LogP contribution in [0.25, 0.3) is 0 Å². The fraction of sp³-hybridized carbons (Fsp3) is 0.680. The van der Waals surface area contributed by atoms with Crippen LogP contribution < -0.4 is 5.32 Å². The summed E-state index contributed by atoms with van der Waals surface area (Å²) in [6.45, 7) is 3.64. The van der Waals surface area contributed by atoms with Gasteiger partial charge in [-0.25, -0.2) is 0 Å². The highest BCUT2D eigenvalue weighted by Crippen LogP contribution is 2.59. The number of nitrogens with zero attached hydrogens (tertiary/aromatic N) is 1. The van der Waals surface area contributed by atoms with Crippen LogP contribution in [0.2, 0.25) is 0 Å². The first-order valence-corrected chi connectivity index (χ1v) is 11.8. The molecule has 2 aliphatic heterocycles. The molecule has 4 aliphatic rings. The Morgan fingerprint density at radius 1 is 1.07 bits per heavy atom. The van der Waals surface area contributed by atoms with Gasteiger partial charge in [0.25, 0.3) is 0 Å². The fourth-order valence-corrected chi connectivity index (χ4v) is 6.22. The van der Waals surface area contributed by atoms with E-state index in [0.717, 1.165) is 58.2 Å². The van der Waals surface area contributed by atoms with Gasteiger partial charge in [0, 0.05) is 37.6 Å². The van der Waals surface area contributed by atoms with Crippen LogP contribution in [0.1, 0.15) is 56.9 Å². The molecule has 1 aromatic rings. The molecule has 2 atom stereocenters. The number of piperidine rings is 1. The van der Waals surface area contributed by atoms with Crippen LogP contribution in [0.3, 0.4) is 0 Å². The Labute approximate surface area is 179 Å². The maximum Gasteiger partial charge on any atom is 0.228 e. The number of benzene rings is 1. The third-order valence-electron chi connectivity index (χ3n) is 8.40. The molecular weight excluding hydrogens is 376 g/mol. The zero-order valence-corrected chi connectivity index (χ0v) is 17.9. The van der Waals surface area contributed by atoms with Crippen molar-refractivity contribution in [2.75, 3.05) is 32.8 Å². The SMILES string of the molecule is O=C(NCC1(c2ccccc2)CCCC1)C1CC12CCN(C(=O)C1CCOC1)CC2. The predicted molar refractivity (Wildman–Crippen MR) is 115 cm³/mol.